The highest BCUT2D eigenvalue weighted by atomic mass is 79.9. The molecular weight excluding hydrogens is 254 g/mol. The van der Waals surface area contributed by atoms with Gasteiger partial charge >= 0.3 is 0 Å². The first-order chi connectivity index (χ1) is 7.13. The Balaban J connectivity index is 2.21. The molecule has 0 unspecified atom stereocenters. The highest BCUT2D eigenvalue weighted by Gasteiger charge is 2.32. The van der Waals surface area contributed by atoms with Crippen LogP contribution in [0, 0.1) is 5.41 Å². The van der Waals surface area contributed by atoms with E-state index in [4.69, 9.17) is 4.74 Å². The largest absolute Gasteiger partial charge is 0.496 e. The lowest BCUT2D eigenvalue weighted by atomic mass is 9.78. The Kier molecular flexibility index (Phi) is 3.03. The molecule has 1 heterocycles. The monoisotopic (exact) mass is 269 g/mol. The van der Waals surface area contributed by atoms with E-state index >= 15 is 0 Å². The van der Waals surface area contributed by atoms with E-state index in [0.29, 0.717) is 5.41 Å². The van der Waals surface area contributed by atoms with Crippen molar-refractivity contribution in [2.75, 3.05) is 20.2 Å². The molecule has 0 bridgehead atoms. The maximum Gasteiger partial charge on any atom is 0.122 e. The zero-order valence-corrected chi connectivity index (χ0v) is 10.7. The molecule has 1 aliphatic heterocycles. The van der Waals surface area contributed by atoms with Gasteiger partial charge in [-0.2, -0.15) is 0 Å². The summed E-state index contributed by atoms with van der Waals surface area (Å²) in [4.78, 5) is 0. The smallest absolute Gasteiger partial charge is 0.122 e. The Morgan fingerprint density at radius 3 is 2.73 bits per heavy atom. The summed E-state index contributed by atoms with van der Waals surface area (Å²) in [6, 6.07) is 6.20. The number of rotatable bonds is 3. The summed E-state index contributed by atoms with van der Waals surface area (Å²) in [6.07, 6.45) is 1.07. The van der Waals surface area contributed by atoms with Gasteiger partial charge in [-0.1, -0.05) is 22.9 Å². The zero-order chi connectivity index (χ0) is 10.9. The van der Waals surface area contributed by atoms with Crippen LogP contribution < -0.4 is 10.1 Å². The van der Waals surface area contributed by atoms with E-state index in [9.17, 15) is 0 Å². The van der Waals surface area contributed by atoms with E-state index < -0.39 is 0 Å². The highest BCUT2D eigenvalue weighted by Crippen LogP contribution is 2.32. The second-order valence-corrected chi connectivity index (χ2v) is 5.46. The SMILES string of the molecule is COc1ccc(Br)cc1CC1(C)CNC1. The maximum absolute atomic E-state index is 5.37. The maximum atomic E-state index is 5.37. The van der Waals surface area contributed by atoms with Crippen molar-refractivity contribution >= 4 is 15.9 Å². The number of benzene rings is 1. The van der Waals surface area contributed by atoms with Gasteiger partial charge in [-0.05, 0) is 35.6 Å². The normalized spacial score (nSPS) is 18.3. The van der Waals surface area contributed by atoms with Gasteiger partial charge in [0.15, 0.2) is 0 Å². The average molecular weight is 270 g/mol. The van der Waals surface area contributed by atoms with Gasteiger partial charge in [-0.3, -0.25) is 0 Å². The molecule has 2 rings (SSSR count). The van der Waals surface area contributed by atoms with Gasteiger partial charge in [-0.25, -0.2) is 0 Å². The molecule has 1 aromatic rings. The van der Waals surface area contributed by atoms with Crippen molar-refractivity contribution in [2.24, 2.45) is 5.41 Å². The molecule has 0 aromatic heterocycles. The average Bonchev–Trinajstić information content (AvgIpc) is 2.16. The minimum atomic E-state index is 0.397. The Labute approximate surface area is 99.1 Å². The van der Waals surface area contributed by atoms with E-state index in [1.165, 1.54) is 5.56 Å². The van der Waals surface area contributed by atoms with Crippen molar-refractivity contribution < 1.29 is 4.74 Å². The Morgan fingerprint density at radius 1 is 1.47 bits per heavy atom. The fraction of sp³-hybridized carbons (Fsp3) is 0.500. The number of nitrogens with one attached hydrogen (secondary N) is 1. The summed E-state index contributed by atoms with van der Waals surface area (Å²) < 4.78 is 6.49. The van der Waals surface area contributed by atoms with Crippen LogP contribution in [0.3, 0.4) is 0 Å². The molecule has 15 heavy (non-hydrogen) atoms. The molecule has 1 aromatic carbocycles. The topological polar surface area (TPSA) is 21.3 Å². The van der Waals surface area contributed by atoms with Gasteiger partial charge < -0.3 is 10.1 Å². The van der Waals surface area contributed by atoms with Crippen LogP contribution in [0.25, 0.3) is 0 Å². The fourth-order valence-corrected chi connectivity index (χ4v) is 2.43. The first-order valence-electron chi connectivity index (χ1n) is 5.16. The number of halogens is 1. The van der Waals surface area contributed by atoms with Gasteiger partial charge in [0.2, 0.25) is 0 Å². The van der Waals surface area contributed by atoms with Crippen LogP contribution in [0.5, 0.6) is 5.75 Å². The van der Waals surface area contributed by atoms with Gasteiger partial charge in [-0.15, -0.1) is 0 Å². The second kappa shape index (κ2) is 4.14. The third-order valence-corrected chi connectivity index (χ3v) is 3.46. The molecule has 0 radical (unpaired) electrons. The summed E-state index contributed by atoms with van der Waals surface area (Å²) in [5.41, 5.74) is 1.68. The molecule has 1 fully saturated rings. The first kappa shape index (κ1) is 11.0. The van der Waals surface area contributed by atoms with Crippen LogP contribution in [0.15, 0.2) is 22.7 Å². The summed E-state index contributed by atoms with van der Waals surface area (Å²) in [5.74, 6) is 0.992. The van der Waals surface area contributed by atoms with Gasteiger partial charge in [0.05, 0.1) is 7.11 Å². The molecule has 3 heteroatoms. The highest BCUT2D eigenvalue weighted by molar-refractivity contribution is 9.10. The standard InChI is InChI=1S/C12H16BrNO/c1-12(7-14-8-12)6-9-5-10(13)3-4-11(9)15-2/h3-5,14H,6-8H2,1-2H3. The molecule has 0 aliphatic carbocycles. The minimum Gasteiger partial charge on any atom is -0.496 e. The summed E-state index contributed by atoms with van der Waals surface area (Å²) in [5, 5.41) is 3.32. The van der Waals surface area contributed by atoms with Gasteiger partial charge in [0.25, 0.3) is 0 Å². The molecular formula is C12H16BrNO. The van der Waals surface area contributed by atoms with E-state index in [-0.39, 0.29) is 0 Å². The lowest BCUT2D eigenvalue weighted by Gasteiger charge is -2.39. The van der Waals surface area contributed by atoms with Crippen molar-refractivity contribution in [1.29, 1.82) is 0 Å². The van der Waals surface area contributed by atoms with Crippen LogP contribution >= 0.6 is 15.9 Å². The van der Waals surface area contributed by atoms with Gasteiger partial charge in [0.1, 0.15) is 5.75 Å². The van der Waals surface area contributed by atoms with Crippen LogP contribution in [0.2, 0.25) is 0 Å². The van der Waals surface area contributed by atoms with Crippen molar-refractivity contribution in [2.45, 2.75) is 13.3 Å². The third-order valence-electron chi connectivity index (χ3n) is 2.96. The first-order valence-corrected chi connectivity index (χ1v) is 5.95. The minimum absolute atomic E-state index is 0.397. The van der Waals surface area contributed by atoms with Crippen LogP contribution in [-0.4, -0.2) is 20.2 Å². The summed E-state index contributed by atoms with van der Waals surface area (Å²) in [7, 11) is 1.73. The Morgan fingerprint density at radius 2 is 2.20 bits per heavy atom. The third kappa shape index (κ3) is 2.34. The molecule has 82 valence electrons. The molecule has 0 atom stereocenters. The van der Waals surface area contributed by atoms with Crippen molar-refractivity contribution in [1.82, 2.24) is 5.32 Å². The van der Waals surface area contributed by atoms with Crippen molar-refractivity contribution in [3.8, 4) is 5.75 Å². The molecule has 0 spiro atoms. The van der Waals surface area contributed by atoms with E-state index in [2.05, 4.69) is 34.2 Å². The van der Waals surface area contributed by atoms with E-state index in [0.717, 1.165) is 29.7 Å². The van der Waals surface area contributed by atoms with Gasteiger partial charge in [0, 0.05) is 17.6 Å². The predicted octanol–water partition coefficient (Wildman–Crippen LogP) is 2.61. The molecule has 0 saturated carbocycles. The number of hydrogen-bond acceptors (Lipinski definition) is 2. The van der Waals surface area contributed by atoms with E-state index in [1.54, 1.807) is 7.11 Å². The fourth-order valence-electron chi connectivity index (χ4n) is 2.02. The Hall–Kier alpha value is -0.540. The molecule has 2 nitrogen and oxygen atoms in total. The summed E-state index contributed by atoms with van der Waals surface area (Å²) in [6.45, 7) is 4.51. The number of ether oxygens (including phenoxy) is 1. The van der Waals surface area contributed by atoms with Crippen molar-refractivity contribution in [3.63, 3.8) is 0 Å². The van der Waals surface area contributed by atoms with E-state index in [1.807, 2.05) is 12.1 Å². The molecule has 0 amide bonds. The van der Waals surface area contributed by atoms with Crippen LogP contribution in [-0.2, 0) is 6.42 Å². The Bertz CT molecular complexity index is 361. The second-order valence-electron chi connectivity index (χ2n) is 4.55. The molecule has 1 saturated heterocycles. The number of hydrogen-bond donors (Lipinski definition) is 1. The van der Waals surface area contributed by atoms with Crippen molar-refractivity contribution in [3.05, 3.63) is 28.2 Å². The van der Waals surface area contributed by atoms with Crippen LogP contribution in [0.1, 0.15) is 12.5 Å². The lowest BCUT2D eigenvalue weighted by Crippen LogP contribution is -2.52. The number of methoxy groups -OCH3 is 1. The summed E-state index contributed by atoms with van der Waals surface area (Å²) >= 11 is 3.50. The predicted molar refractivity (Wildman–Crippen MR) is 65.4 cm³/mol. The lowest BCUT2D eigenvalue weighted by molar-refractivity contribution is 0.193. The quantitative estimate of drug-likeness (QED) is 0.911. The molecule has 1 aliphatic rings. The zero-order valence-electron chi connectivity index (χ0n) is 9.14. The van der Waals surface area contributed by atoms with Crippen LogP contribution in [0.4, 0.5) is 0 Å². The molecule has 1 N–H and O–H groups in total.